The van der Waals surface area contributed by atoms with Crippen molar-refractivity contribution in [3.63, 3.8) is 0 Å². The van der Waals surface area contributed by atoms with Crippen LogP contribution in [0.5, 0.6) is 5.75 Å². The van der Waals surface area contributed by atoms with E-state index in [1.165, 1.54) is 11.3 Å². The summed E-state index contributed by atoms with van der Waals surface area (Å²) in [5.41, 5.74) is 0.268. The summed E-state index contributed by atoms with van der Waals surface area (Å²) in [5, 5.41) is 3.48. The van der Waals surface area contributed by atoms with Crippen molar-refractivity contribution < 1.29 is 9.53 Å². The fourth-order valence-electron chi connectivity index (χ4n) is 1.54. The van der Waals surface area contributed by atoms with Crippen molar-refractivity contribution >= 4 is 32.6 Å². The lowest BCUT2D eigenvalue weighted by Gasteiger charge is -2.30. The van der Waals surface area contributed by atoms with Crippen LogP contribution in [-0.2, 0) is 4.79 Å². The Morgan fingerprint density at radius 1 is 1.40 bits per heavy atom. The fraction of sp³-hybridized carbons (Fsp3) is 0.429. The number of methoxy groups -OCH3 is 1. The van der Waals surface area contributed by atoms with Crippen molar-refractivity contribution in [3.05, 3.63) is 18.2 Å². The minimum absolute atomic E-state index is 0.0754. The highest BCUT2D eigenvalue weighted by atomic mass is 32.1. The predicted molar refractivity (Wildman–Crippen MR) is 82.6 cm³/mol. The van der Waals surface area contributed by atoms with E-state index in [1.54, 1.807) is 7.11 Å². The number of anilines is 1. The van der Waals surface area contributed by atoms with Crippen molar-refractivity contribution in [1.82, 2.24) is 9.88 Å². The van der Waals surface area contributed by atoms with Gasteiger partial charge in [-0.25, -0.2) is 4.98 Å². The zero-order valence-electron chi connectivity index (χ0n) is 12.4. The smallest absolute Gasteiger partial charge is 0.246 e. The van der Waals surface area contributed by atoms with Crippen molar-refractivity contribution in [1.29, 1.82) is 0 Å². The highest BCUT2D eigenvalue weighted by Crippen LogP contribution is 2.29. The van der Waals surface area contributed by atoms with Gasteiger partial charge in [0.2, 0.25) is 5.91 Å². The van der Waals surface area contributed by atoms with E-state index in [2.05, 4.69) is 10.3 Å². The monoisotopic (exact) mass is 293 g/mol. The number of likely N-dealkylation sites (N-methyl/N-ethyl adjacent to an activating group) is 1. The van der Waals surface area contributed by atoms with E-state index in [1.807, 2.05) is 51.0 Å². The molecule has 0 fully saturated rings. The third-order valence-electron chi connectivity index (χ3n) is 3.49. The van der Waals surface area contributed by atoms with Gasteiger partial charge in [0.25, 0.3) is 0 Å². The first-order valence-corrected chi connectivity index (χ1v) is 7.09. The van der Waals surface area contributed by atoms with Gasteiger partial charge in [0.05, 0.1) is 22.9 Å². The maximum absolute atomic E-state index is 12.3. The zero-order valence-corrected chi connectivity index (χ0v) is 13.2. The minimum atomic E-state index is -0.588. The number of hydrogen-bond donors (Lipinski definition) is 1. The fourth-order valence-corrected chi connectivity index (χ4v) is 2.43. The van der Waals surface area contributed by atoms with Gasteiger partial charge in [-0.3, -0.25) is 9.69 Å². The van der Waals surface area contributed by atoms with Crippen LogP contribution in [0.1, 0.15) is 13.8 Å². The van der Waals surface area contributed by atoms with Gasteiger partial charge < -0.3 is 10.1 Å². The van der Waals surface area contributed by atoms with E-state index in [-0.39, 0.29) is 5.91 Å². The molecule has 0 radical (unpaired) electrons. The molecule has 6 heteroatoms. The van der Waals surface area contributed by atoms with Crippen LogP contribution in [0.15, 0.2) is 18.2 Å². The maximum atomic E-state index is 12.3. The van der Waals surface area contributed by atoms with Gasteiger partial charge in [-0.05, 0) is 46.1 Å². The van der Waals surface area contributed by atoms with Crippen LogP contribution in [0.2, 0.25) is 0 Å². The summed E-state index contributed by atoms with van der Waals surface area (Å²) >= 11 is 1.44. The summed E-state index contributed by atoms with van der Waals surface area (Å²) in [6, 6.07) is 5.66. The van der Waals surface area contributed by atoms with E-state index in [0.29, 0.717) is 5.13 Å². The third-order valence-corrected chi connectivity index (χ3v) is 4.42. The quantitative estimate of drug-likeness (QED) is 0.941. The summed E-state index contributed by atoms with van der Waals surface area (Å²) in [6.07, 6.45) is 0. The van der Waals surface area contributed by atoms with Gasteiger partial charge >= 0.3 is 0 Å². The second-order valence-electron chi connectivity index (χ2n) is 5.26. The Bertz CT molecular complexity index is 634. The lowest BCUT2D eigenvalue weighted by atomic mass is 10.0. The van der Waals surface area contributed by atoms with Crippen molar-refractivity contribution in [2.75, 3.05) is 26.5 Å². The van der Waals surface area contributed by atoms with Crippen LogP contribution in [0.25, 0.3) is 10.2 Å². The van der Waals surface area contributed by atoms with E-state index in [4.69, 9.17) is 4.74 Å². The van der Waals surface area contributed by atoms with Gasteiger partial charge in [0.1, 0.15) is 5.75 Å². The summed E-state index contributed by atoms with van der Waals surface area (Å²) in [6.45, 7) is 3.75. The zero-order chi connectivity index (χ0) is 14.9. The van der Waals surface area contributed by atoms with Gasteiger partial charge in [-0.15, -0.1) is 0 Å². The number of nitrogens with zero attached hydrogens (tertiary/aromatic N) is 2. The maximum Gasteiger partial charge on any atom is 0.246 e. The molecule has 0 aliphatic carbocycles. The molecule has 2 aromatic rings. The van der Waals surface area contributed by atoms with Crippen molar-refractivity contribution in [2.45, 2.75) is 19.4 Å². The number of carbonyl (C=O) groups is 1. The van der Waals surface area contributed by atoms with Gasteiger partial charge in [-0.2, -0.15) is 0 Å². The Hall–Kier alpha value is -1.66. The number of fused-ring (bicyclic) bond motifs is 1. The van der Waals surface area contributed by atoms with Crippen LogP contribution >= 0.6 is 11.3 Å². The third kappa shape index (κ3) is 2.76. The second kappa shape index (κ2) is 5.38. The SMILES string of the molecule is COc1ccc2nc(NC(=O)C(C)(C)N(C)C)sc2c1. The molecular weight excluding hydrogens is 274 g/mol. The second-order valence-corrected chi connectivity index (χ2v) is 6.29. The van der Waals surface area contributed by atoms with E-state index in [9.17, 15) is 4.79 Å². The highest BCUT2D eigenvalue weighted by molar-refractivity contribution is 7.22. The lowest BCUT2D eigenvalue weighted by Crippen LogP contribution is -2.48. The average molecular weight is 293 g/mol. The molecule has 0 aliphatic rings. The Morgan fingerprint density at radius 2 is 2.10 bits per heavy atom. The lowest BCUT2D eigenvalue weighted by molar-refractivity contribution is -0.124. The summed E-state index contributed by atoms with van der Waals surface area (Å²) < 4.78 is 6.17. The van der Waals surface area contributed by atoms with Crippen LogP contribution in [0, 0.1) is 0 Å². The van der Waals surface area contributed by atoms with Crippen molar-refractivity contribution in [2.24, 2.45) is 0 Å². The molecule has 1 heterocycles. The first kappa shape index (κ1) is 14.7. The number of nitrogens with one attached hydrogen (secondary N) is 1. The summed E-state index contributed by atoms with van der Waals surface area (Å²) in [4.78, 5) is 18.6. The first-order chi connectivity index (χ1) is 9.34. The number of aromatic nitrogens is 1. The standard InChI is InChI=1S/C14H19N3O2S/c1-14(2,17(3)4)12(18)16-13-15-10-7-6-9(19-5)8-11(10)20-13/h6-8H,1-5H3,(H,15,16,18). The Kier molecular flexibility index (Phi) is 3.96. The molecule has 0 bridgehead atoms. The molecule has 0 saturated carbocycles. The number of rotatable bonds is 4. The van der Waals surface area contributed by atoms with E-state index in [0.717, 1.165) is 16.0 Å². The number of hydrogen-bond acceptors (Lipinski definition) is 5. The Morgan fingerprint density at radius 3 is 2.70 bits per heavy atom. The largest absolute Gasteiger partial charge is 0.497 e. The number of amides is 1. The van der Waals surface area contributed by atoms with Crippen LogP contribution < -0.4 is 10.1 Å². The first-order valence-electron chi connectivity index (χ1n) is 6.28. The molecule has 108 valence electrons. The van der Waals surface area contributed by atoms with Crippen molar-refractivity contribution in [3.8, 4) is 5.75 Å². The molecular formula is C14H19N3O2S. The minimum Gasteiger partial charge on any atom is -0.497 e. The highest BCUT2D eigenvalue weighted by Gasteiger charge is 2.30. The molecule has 1 aromatic heterocycles. The molecule has 0 unspecified atom stereocenters. The van der Waals surface area contributed by atoms with E-state index < -0.39 is 5.54 Å². The van der Waals surface area contributed by atoms with Gasteiger partial charge in [0.15, 0.2) is 5.13 Å². The Labute approximate surface area is 122 Å². The average Bonchev–Trinajstić information content (AvgIpc) is 2.79. The van der Waals surface area contributed by atoms with Gasteiger partial charge in [0, 0.05) is 0 Å². The molecule has 2 rings (SSSR count). The Balaban J connectivity index is 2.24. The molecule has 0 aliphatic heterocycles. The van der Waals surface area contributed by atoms with E-state index >= 15 is 0 Å². The van der Waals surface area contributed by atoms with Gasteiger partial charge in [-0.1, -0.05) is 11.3 Å². The predicted octanol–water partition coefficient (Wildman–Crippen LogP) is 2.58. The topological polar surface area (TPSA) is 54.5 Å². The molecule has 20 heavy (non-hydrogen) atoms. The number of benzene rings is 1. The molecule has 0 spiro atoms. The molecule has 1 aromatic carbocycles. The molecule has 0 saturated heterocycles. The summed E-state index contributed by atoms with van der Waals surface area (Å²) in [5.74, 6) is 0.709. The molecule has 0 atom stereocenters. The number of ether oxygens (including phenoxy) is 1. The normalized spacial score (nSPS) is 11.9. The van der Waals surface area contributed by atoms with Crippen LogP contribution in [-0.4, -0.2) is 42.5 Å². The number of thiazole rings is 1. The summed E-state index contributed by atoms with van der Waals surface area (Å²) in [7, 11) is 5.39. The molecule has 5 nitrogen and oxygen atoms in total. The molecule has 1 N–H and O–H groups in total. The number of carbonyl (C=O) groups excluding carboxylic acids is 1. The molecule has 1 amide bonds. The van der Waals surface area contributed by atoms with Crippen LogP contribution in [0.4, 0.5) is 5.13 Å². The van der Waals surface area contributed by atoms with Crippen LogP contribution in [0.3, 0.4) is 0 Å².